The van der Waals surface area contributed by atoms with Crippen molar-refractivity contribution in [3.63, 3.8) is 0 Å². The topological polar surface area (TPSA) is 104 Å². The van der Waals surface area contributed by atoms with Gasteiger partial charge in [0, 0.05) is 34.0 Å². The molecule has 5 N–H and O–H groups in total. The fraction of sp³-hybridized carbons (Fsp3) is 0.133. The minimum absolute atomic E-state index is 0. The average Bonchev–Trinajstić information content (AvgIpc) is 3.28. The Bertz CT molecular complexity index is 532. The van der Waals surface area contributed by atoms with E-state index in [1.54, 1.807) is 0 Å². The number of carboxylic acids is 1. The van der Waals surface area contributed by atoms with E-state index in [2.05, 4.69) is 32.3 Å². The minimum atomic E-state index is -1.00. The van der Waals surface area contributed by atoms with Gasteiger partial charge in [0.2, 0.25) is 0 Å². The zero-order valence-corrected chi connectivity index (χ0v) is 18.5. The molecule has 0 saturated heterocycles. The van der Waals surface area contributed by atoms with Crippen molar-refractivity contribution < 1.29 is 52.1 Å². The third-order valence-electron chi connectivity index (χ3n) is 2.19. The second-order valence-corrected chi connectivity index (χ2v) is 7.81. The zero-order valence-electron chi connectivity index (χ0n) is 12.9. The number of nitrogens with two attached hydrogens (primary N) is 1. The van der Waals surface area contributed by atoms with Gasteiger partial charge in [0.1, 0.15) is 6.04 Å². The van der Waals surface area contributed by atoms with E-state index in [1.807, 2.05) is 48.6 Å². The van der Waals surface area contributed by atoms with Crippen LogP contribution in [0.5, 0.6) is 0 Å². The second-order valence-electron chi connectivity index (χ2n) is 3.89. The van der Waals surface area contributed by atoms with Gasteiger partial charge in [0.25, 0.3) is 0 Å². The van der Waals surface area contributed by atoms with Gasteiger partial charge in [-0.25, -0.2) is 0 Å². The van der Waals surface area contributed by atoms with Gasteiger partial charge >= 0.3 is 40.5 Å². The van der Waals surface area contributed by atoms with Gasteiger partial charge in [0.15, 0.2) is 0 Å². The number of hydrogen-bond acceptors (Lipinski definition) is 7. The molecule has 0 aromatic carbocycles. The Hall–Kier alpha value is -0.532. The summed E-state index contributed by atoms with van der Waals surface area (Å²) in [5.41, 5.74) is 6.66. The van der Waals surface area contributed by atoms with E-state index in [0.29, 0.717) is 0 Å². The Morgan fingerprint density at radius 2 is 1.36 bits per heavy atom. The predicted molar refractivity (Wildman–Crippen MR) is 103 cm³/mol. The summed E-state index contributed by atoms with van der Waals surface area (Å²) in [6, 6.07) is -0.816. The Balaban J connectivity index is -0.000000264. The number of aliphatic carboxylic acids is 1. The number of carbonyl (C=O) groups is 1. The molecule has 1 atom stereocenters. The SMILES string of the molecule is N[C@@H](CS)C(=O)O.OC=C1C=CC=C1.OC=C1C=CC=C1.[Fe].[S]=[Mo]=[S]. The number of carboxylic acid groups (broad SMARTS) is 1. The van der Waals surface area contributed by atoms with Crippen molar-refractivity contribution in [3.8, 4) is 0 Å². The number of hydrogen-bond donors (Lipinski definition) is 5. The van der Waals surface area contributed by atoms with Crippen LogP contribution in [-0.4, -0.2) is 33.1 Å². The first kappa shape index (κ1) is 29.2. The summed E-state index contributed by atoms with van der Waals surface area (Å²) in [5.74, 6) is -0.815. The first-order chi connectivity index (χ1) is 11.5. The Kier molecular flexibility index (Phi) is 25.2. The Labute approximate surface area is 179 Å². The van der Waals surface area contributed by atoms with Crippen LogP contribution in [0.1, 0.15) is 0 Å². The van der Waals surface area contributed by atoms with E-state index in [0.717, 1.165) is 23.7 Å². The molecule has 0 saturated carbocycles. The van der Waals surface area contributed by atoms with Gasteiger partial charge in [-0.05, 0) is 0 Å². The third kappa shape index (κ3) is 19.6. The molecule has 140 valence electrons. The van der Waals surface area contributed by atoms with E-state index >= 15 is 0 Å². The van der Waals surface area contributed by atoms with Gasteiger partial charge in [-0.15, -0.1) is 0 Å². The molecule has 2 rings (SSSR count). The molecule has 0 spiro atoms. The Morgan fingerprint density at radius 1 is 1.08 bits per heavy atom. The molecule has 25 heavy (non-hydrogen) atoms. The van der Waals surface area contributed by atoms with Gasteiger partial charge in [-0.1, -0.05) is 48.6 Å². The first-order valence-corrected chi connectivity index (χ1v) is 12.6. The van der Waals surface area contributed by atoms with E-state index in [9.17, 15) is 4.79 Å². The van der Waals surface area contributed by atoms with E-state index in [-0.39, 0.29) is 37.7 Å². The summed E-state index contributed by atoms with van der Waals surface area (Å²) in [5, 5.41) is 24.6. The molecule has 0 amide bonds. The second kappa shape index (κ2) is 21.5. The number of aliphatic hydroxyl groups excluding tert-OH is 2. The fourth-order valence-electron chi connectivity index (χ4n) is 1.03. The summed E-state index contributed by atoms with van der Waals surface area (Å²) < 4.78 is 0. The molecule has 0 aromatic heterocycles. The first-order valence-electron chi connectivity index (χ1n) is 6.36. The summed E-state index contributed by atoms with van der Waals surface area (Å²) in [7, 11) is 8.68. The molecule has 0 aliphatic heterocycles. The standard InChI is InChI=1S/2C6H6O.C3H7NO2S.Fe.Mo.2S/c2*7-5-6-3-1-2-4-6;4-2(1-7)3(5)6;;;;/h2*1-5,7H;2,7H,1,4H2,(H,5,6);;;;/t;;2-;;;;/m..0..../s1. The van der Waals surface area contributed by atoms with E-state index in [4.69, 9.17) is 21.1 Å². The van der Waals surface area contributed by atoms with Crippen molar-refractivity contribution in [1.29, 1.82) is 0 Å². The van der Waals surface area contributed by atoms with Gasteiger partial charge < -0.3 is 21.1 Å². The summed E-state index contributed by atoms with van der Waals surface area (Å²) in [4.78, 5) is 9.76. The van der Waals surface area contributed by atoms with Crippen LogP contribution in [0, 0.1) is 0 Å². The summed E-state index contributed by atoms with van der Waals surface area (Å²) in [6.45, 7) is 0. The van der Waals surface area contributed by atoms with Crippen molar-refractivity contribution >= 4 is 38.2 Å². The van der Waals surface area contributed by atoms with Gasteiger partial charge in [-0.3, -0.25) is 4.79 Å². The average molecular weight is 525 g/mol. The molecule has 2 aliphatic carbocycles. The van der Waals surface area contributed by atoms with E-state index < -0.39 is 12.0 Å². The predicted octanol–water partition coefficient (Wildman–Crippen LogP) is 3.73. The van der Waals surface area contributed by atoms with Gasteiger partial charge in [0.05, 0.1) is 12.5 Å². The molecule has 2 aliphatic rings. The van der Waals surface area contributed by atoms with Crippen LogP contribution in [0.3, 0.4) is 0 Å². The van der Waals surface area contributed by atoms with Gasteiger partial charge in [-0.2, -0.15) is 12.6 Å². The maximum absolute atomic E-state index is 9.76. The number of thiol groups is 1. The maximum atomic E-state index is 9.76. The fourth-order valence-corrected chi connectivity index (χ4v) is 1.18. The Morgan fingerprint density at radius 3 is 1.44 bits per heavy atom. The number of rotatable bonds is 2. The van der Waals surface area contributed by atoms with Crippen LogP contribution in [0.15, 0.2) is 72.3 Å². The molecule has 0 heterocycles. The molecule has 0 radical (unpaired) electrons. The molecule has 5 nitrogen and oxygen atoms in total. The van der Waals surface area contributed by atoms with Crippen LogP contribution in [-0.2, 0) is 36.8 Å². The van der Waals surface area contributed by atoms with Crippen LogP contribution >= 0.6 is 32.3 Å². The quantitative estimate of drug-likeness (QED) is 0.213. The summed E-state index contributed by atoms with van der Waals surface area (Å²) in [6.07, 6.45) is 17.0. The molecule has 0 bridgehead atoms. The normalized spacial score (nSPS) is 13.0. The molecular formula is C15H19FeMoNO4S3. The van der Waals surface area contributed by atoms with Crippen molar-refractivity contribution in [2.45, 2.75) is 6.04 Å². The van der Waals surface area contributed by atoms with Crippen molar-refractivity contribution in [1.82, 2.24) is 0 Å². The van der Waals surface area contributed by atoms with Crippen LogP contribution < -0.4 is 5.73 Å². The molecule has 0 fully saturated rings. The third-order valence-corrected chi connectivity index (χ3v) is 2.58. The van der Waals surface area contributed by atoms with Crippen molar-refractivity contribution in [2.75, 3.05) is 5.75 Å². The molecule has 0 unspecified atom stereocenters. The number of aliphatic hydroxyl groups is 2. The number of allylic oxidation sites excluding steroid dienone is 10. The molecule has 10 heteroatoms. The van der Waals surface area contributed by atoms with Crippen LogP contribution in [0.25, 0.3) is 0 Å². The summed E-state index contributed by atoms with van der Waals surface area (Å²) >= 11 is 3.29. The molecular weight excluding hydrogens is 506 g/mol. The monoisotopic (exact) mass is 527 g/mol. The zero-order chi connectivity index (χ0) is 18.8. The van der Waals surface area contributed by atoms with Crippen molar-refractivity contribution in [3.05, 3.63) is 72.3 Å². The van der Waals surface area contributed by atoms with Crippen LogP contribution in [0.4, 0.5) is 0 Å². The van der Waals surface area contributed by atoms with Crippen molar-refractivity contribution in [2.24, 2.45) is 5.73 Å². The van der Waals surface area contributed by atoms with E-state index in [1.165, 1.54) is 0 Å². The molecule has 0 aromatic rings. The van der Waals surface area contributed by atoms with Crippen LogP contribution in [0.2, 0.25) is 0 Å².